The highest BCUT2D eigenvalue weighted by molar-refractivity contribution is 5.25. The van der Waals surface area contributed by atoms with E-state index in [-0.39, 0.29) is 5.82 Å². The Bertz CT molecular complexity index is 435. The standard InChI is InChI=1S/C17H25FN2/c18-17-11-14(10-15-4-3-7-19-12-15)5-6-16(17)13-20-8-1-2-9-20/h5-6,11,15,19H,1-4,7-10,12-13H2. The smallest absolute Gasteiger partial charge is 0.127 e. The second kappa shape index (κ2) is 6.68. The fourth-order valence-electron chi connectivity index (χ4n) is 3.46. The van der Waals surface area contributed by atoms with E-state index in [0.717, 1.165) is 50.3 Å². The van der Waals surface area contributed by atoms with Gasteiger partial charge in [-0.15, -0.1) is 0 Å². The molecule has 0 spiro atoms. The molecule has 1 aromatic carbocycles. The highest BCUT2D eigenvalue weighted by atomic mass is 19.1. The first-order chi connectivity index (χ1) is 9.81. The van der Waals surface area contributed by atoms with Gasteiger partial charge in [0, 0.05) is 12.1 Å². The Morgan fingerprint density at radius 1 is 1.20 bits per heavy atom. The van der Waals surface area contributed by atoms with Gasteiger partial charge in [0.1, 0.15) is 5.82 Å². The summed E-state index contributed by atoms with van der Waals surface area (Å²) in [7, 11) is 0. The zero-order valence-electron chi connectivity index (χ0n) is 12.2. The molecule has 2 fully saturated rings. The van der Waals surface area contributed by atoms with E-state index >= 15 is 0 Å². The molecule has 0 amide bonds. The number of hydrogen-bond acceptors (Lipinski definition) is 2. The maximum absolute atomic E-state index is 14.2. The van der Waals surface area contributed by atoms with Crippen LogP contribution >= 0.6 is 0 Å². The van der Waals surface area contributed by atoms with Gasteiger partial charge in [-0.05, 0) is 75.8 Å². The molecule has 0 bridgehead atoms. The zero-order chi connectivity index (χ0) is 13.8. The first kappa shape index (κ1) is 14.0. The maximum atomic E-state index is 14.2. The van der Waals surface area contributed by atoms with Gasteiger partial charge in [0.2, 0.25) is 0 Å². The van der Waals surface area contributed by atoms with Crippen LogP contribution in [0.15, 0.2) is 18.2 Å². The predicted octanol–water partition coefficient (Wildman–Crippen LogP) is 2.96. The summed E-state index contributed by atoms with van der Waals surface area (Å²) >= 11 is 0. The second-order valence-electron chi connectivity index (χ2n) is 6.33. The van der Waals surface area contributed by atoms with Crippen LogP contribution in [0, 0.1) is 11.7 Å². The van der Waals surface area contributed by atoms with Gasteiger partial charge in [-0.1, -0.05) is 12.1 Å². The van der Waals surface area contributed by atoms with Crippen molar-refractivity contribution in [1.82, 2.24) is 10.2 Å². The summed E-state index contributed by atoms with van der Waals surface area (Å²) in [6.45, 7) is 5.23. The third-order valence-corrected chi connectivity index (χ3v) is 4.63. The summed E-state index contributed by atoms with van der Waals surface area (Å²) < 4.78 is 14.2. The summed E-state index contributed by atoms with van der Waals surface area (Å²) in [4.78, 5) is 2.35. The molecule has 110 valence electrons. The van der Waals surface area contributed by atoms with Gasteiger partial charge in [-0.25, -0.2) is 4.39 Å². The van der Waals surface area contributed by atoms with Crippen LogP contribution in [0.25, 0.3) is 0 Å². The molecule has 3 heteroatoms. The molecule has 2 aliphatic rings. The van der Waals surface area contributed by atoms with Crippen LogP contribution in [0.3, 0.4) is 0 Å². The molecule has 0 aromatic heterocycles. The van der Waals surface area contributed by atoms with Gasteiger partial charge in [0.05, 0.1) is 0 Å². The van der Waals surface area contributed by atoms with Crippen molar-refractivity contribution in [1.29, 1.82) is 0 Å². The van der Waals surface area contributed by atoms with Gasteiger partial charge < -0.3 is 5.32 Å². The van der Waals surface area contributed by atoms with E-state index in [1.54, 1.807) is 6.07 Å². The molecular weight excluding hydrogens is 251 g/mol. The lowest BCUT2D eigenvalue weighted by atomic mass is 9.92. The van der Waals surface area contributed by atoms with Crippen molar-refractivity contribution in [2.24, 2.45) is 5.92 Å². The number of benzene rings is 1. The van der Waals surface area contributed by atoms with Crippen LogP contribution in [0.2, 0.25) is 0 Å². The van der Waals surface area contributed by atoms with Gasteiger partial charge in [0.15, 0.2) is 0 Å². The molecular formula is C17H25FN2. The minimum Gasteiger partial charge on any atom is -0.316 e. The Hall–Kier alpha value is -0.930. The Morgan fingerprint density at radius 3 is 2.75 bits per heavy atom. The molecule has 2 aliphatic heterocycles. The highest BCUT2D eigenvalue weighted by Crippen LogP contribution is 2.20. The van der Waals surface area contributed by atoms with Crippen LogP contribution in [0.4, 0.5) is 4.39 Å². The summed E-state index contributed by atoms with van der Waals surface area (Å²) in [5, 5.41) is 3.43. The topological polar surface area (TPSA) is 15.3 Å². The average Bonchev–Trinajstić information content (AvgIpc) is 2.96. The van der Waals surface area contributed by atoms with Crippen LogP contribution in [0.5, 0.6) is 0 Å². The van der Waals surface area contributed by atoms with Crippen molar-refractivity contribution in [3.05, 3.63) is 35.1 Å². The van der Waals surface area contributed by atoms with E-state index in [0.29, 0.717) is 5.92 Å². The Labute approximate surface area is 121 Å². The minimum absolute atomic E-state index is 0.0156. The van der Waals surface area contributed by atoms with Crippen molar-refractivity contribution in [3.8, 4) is 0 Å². The summed E-state index contributed by atoms with van der Waals surface area (Å²) in [6.07, 6.45) is 6.04. The number of hydrogen-bond donors (Lipinski definition) is 1. The van der Waals surface area contributed by atoms with Crippen molar-refractivity contribution in [3.63, 3.8) is 0 Å². The molecule has 0 radical (unpaired) electrons. The lowest BCUT2D eigenvalue weighted by Gasteiger charge is -2.23. The lowest BCUT2D eigenvalue weighted by molar-refractivity contribution is 0.325. The van der Waals surface area contributed by atoms with Gasteiger partial charge >= 0.3 is 0 Å². The first-order valence-corrected chi connectivity index (χ1v) is 8.01. The van der Waals surface area contributed by atoms with E-state index < -0.39 is 0 Å². The number of rotatable bonds is 4. The van der Waals surface area contributed by atoms with Crippen molar-refractivity contribution < 1.29 is 4.39 Å². The SMILES string of the molecule is Fc1cc(CC2CCCNC2)ccc1CN1CCCC1. The van der Waals surface area contributed by atoms with E-state index in [9.17, 15) is 4.39 Å². The Morgan fingerprint density at radius 2 is 2.05 bits per heavy atom. The number of nitrogens with one attached hydrogen (secondary N) is 1. The molecule has 0 saturated carbocycles. The summed E-state index contributed by atoms with van der Waals surface area (Å²) in [5.74, 6) is 0.658. The van der Waals surface area contributed by atoms with Crippen LogP contribution < -0.4 is 5.32 Å². The molecule has 2 heterocycles. The van der Waals surface area contributed by atoms with E-state index in [1.807, 2.05) is 6.07 Å². The second-order valence-corrected chi connectivity index (χ2v) is 6.33. The molecule has 2 nitrogen and oxygen atoms in total. The van der Waals surface area contributed by atoms with Gasteiger partial charge in [-0.3, -0.25) is 4.90 Å². The highest BCUT2D eigenvalue weighted by Gasteiger charge is 2.16. The third kappa shape index (κ3) is 3.58. The normalized spacial score (nSPS) is 24.1. The lowest BCUT2D eigenvalue weighted by Crippen LogP contribution is -2.30. The molecule has 20 heavy (non-hydrogen) atoms. The number of piperidine rings is 1. The van der Waals surface area contributed by atoms with Crippen molar-refractivity contribution in [2.45, 2.75) is 38.6 Å². The largest absolute Gasteiger partial charge is 0.316 e. The number of halogens is 1. The fourth-order valence-corrected chi connectivity index (χ4v) is 3.46. The summed E-state index contributed by atoms with van der Waals surface area (Å²) in [6, 6.07) is 5.89. The molecule has 1 N–H and O–H groups in total. The van der Waals surface area contributed by atoms with Crippen LogP contribution in [-0.4, -0.2) is 31.1 Å². The van der Waals surface area contributed by atoms with E-state index in [2.05, 4.69) is 16.3 Å². The molecule has 3 rings (SSSR count). The average molecular weight is 276 g/mol. The molecule has 1 unspecified atom stereocenters. The van der Waals surface area contributed by atoms with Crippen molar-refractivity contribution in [2.75, 3.05) is 26.2 Å². The Kier molecular flexibility index (Phi) is 4.69. The molecule has 1 atom stereocenters. The van der Waals surface area contributed by atoms with Gasteiger partial charge in [-0.2, -0.15) is 0 Å². The fraction of sp³-hybridized carbons (Fsp3) is 0.647. The molecule has 2 saturated heterocycles. The van der Waals surface area contributed by atoms with E-state index in [1.165, 1.54) is 25.7 Å². The first-order valence-electron chi connectivity index (χ1n) is 8.01. The number of likely N-dealkylation sites (tertiary alicyclic amines) is 1. The zero-order valence-corrected chi connectivity index (χ0v) is 12.2. The molecule has 1 aromatic rings. The third-order valence-electron chi connectivity index (χ3n) is 4.63. The van der Waals surface area contributed by atoms with Gasteiger partial charge in [0.25, 0.3) is 0 Å². The molecule has 0 aliphatic carbocycles. The predicted molar refractivity (Wildman–Crippen MR) is 80.2 cm³/mol. The maximum Gasteiger partial charge on any atom is 0.127 e. The van der Waals surface area contributed by atoms with Crippen molar-refractivity contribution >= 4 is 0 Å². The van der Waals surface area contributed by atoms with Crippen LogP contribution in [-0.2, 0) is 13.0 Å². The minimum atomic E-state index is -0.0156. The van der Waals surface area contributed by atoms with Crippen LogP contribution in [0.1, 0.15) is 36.8 Å². The monoisotopic (exact) mass is 276 g/mol. The quantitative estimate of drug-likeness (QED) is 0.909. The summed E-state index contributed by atoms with van der Waals surface area (Å²) in [5.41, 5.74) is 2.01. The Balaban J connectivity index is 1.60. The van der Waals surface area contributed by atoms with E-state index in [4.69, 9.17) is 0 Å². The number of nitrogens with zero attached hydrogens (tertiary/aromatic N) is 1.